The first-order valence-electron chi connectivity index (χ1n) is 6.48. The number of nitrogens with zero attached hydrogens (tertiary/aromatic N) is 3. The zero-order chi connectivity index (χ0) is 13.8. The Bertz CT molecular complexity index is 520. The largest absolute Gasteiger partial charge is 0.457 e. The number of rotatable bonds is 6. The summed E-state index contributed by atoms with van der Waals surface area (Å²) in [4.78, 5) is 4.36. The summed E-state index contributed by atoms with van der Waals surface area (Å²) in [6, 6.07) is 2.46. The molecule has 1 atom stereocenters. The third-order valence-electron chi connectivity index (χ3n) is 3.00. The molecule has 2 rings (SSSR count). The highest BCUT2D eigenvalue weighted by Crippen LogP contribution is 2.27. The zero-order valence-corrected chi connectivity index (χ0v) is 13.0. The van der Waals surface area contributed by atoms with E-state index in [4.69, 9.17) is 4.42 Å². The zero-order valence-electron chi connectivity index (χ0n) is 11.4. The van der Waals surface area contributed by atoms with Crippen LogP contribution in [0.3, 0.4) is 0 Å². The molecule has 5 nitrogen and oxygen atoms in total. The van der Waals surface area contributed by atoms with Crippen molar-refractivity contribution in [1.29, 1.82) is 0 Å². The quantitative estimate of drug-likeness (QED) is 0.886. The molecule has 104 valence electrons. The van der Waals surface area contributed by atoms with Crippen LogP contribution in [-0.2, 0) is 6.42 Å². The van der Waals surface area contributed by atoms with Gasteiger partial charge in [-0.1, -0.05) is 6.92 Å². The van der Waals surface area contributed by atoms with Gasteiger partial charge < -0.3 is 9.73 Å². The van der Waals surface area contributed by atoms with Crippen LogP contribution in [0.1, 0.15) is 44.2 Å². The van der Waals surface area contributed by atoms with E-state index >= 15 is 0 Å². The number of hydrogen-bond donors (Lipinski definition) is 1. The predicted molar refractivity (Wildman–Crippen MR) is 76.9 cm³/mol. The smallest absolute Gasteiger partial charge is 0.173 e. The van der Waals surface area contributed by atoms with Gasteiger partial charge in [0.15, 0.2) is 4.67 Å². The SMILES string of the molecule is CCNC(Cc1ncnn1C(C)C)c1ccoc1Br. The average Bonchev–Trinajstić information content (AvgIpc) is 2.97. The Labute approximate surface area is 121 Å². The van der Waals surface area contributed by atoms with Crippen LogP contribution in [0.5, 0.6) is 0 Å². The van der Waals surface area contributed by atoms with Gasteiger partial charge in [0.25, 0.3) is 0 Å². The lowest BCUT2D eigenvalue weighted by Crippen LogP contribution is -2.24. The Morgan fingerprint density at radius 1 is 1.47 bits per heavy atom. The van der Waals surface area contributed by atoms with E-state index in [-0.39, 0.29) is 6.04 Å². The molecule has 0 aliphatic rings. The molecule has 2 heterocycles. The Kier molecular flexibility index (Phi) is 4.76. The van der Waals surface area contributed by atoms with E-state index in [0.717, 1.165) is 29.0 Å². The van der Waals surface area contributed by atoms with Gasteiger partial charge in [0.05, 0.1) is 6.26 Å². The minimum atomic E-state index is 0.167. The number of likely N-dealkylation sites (N-methyl/N-ethyl adjacent to an activating group) is 1. The molecule has 0 bridgehead atoms. The van der Waals surface area contributed by atoms with Crippen LogP contribution < -0.4 is 5.32 Å². The van der Waals surface area contributed by atoms with Gasteiger partial charge >= 0.3 is 0 Å². The lowest BCUT2D eigenvalue weighted by molar-refractivity contribution is 0.461. The summed E-state index contributed by atoms with van der Waals surface area (Å²) in [7, 11) is 0. The maximum atomic E-state index is 5.32. The Hall–Kier alpha value is -1.14. The molecule has 19 heavy (non-hydrogen) atoms. The van der Waals surface area contributed by atoms with Gasteiger partial charge in [0.2, 0.25) is 0 Å². The summed E-state index contributed by atoms with van der Waals surface area (Å²) >= 11 is 3.44. The fourth-order valence-electron chi connectivity index (χ4n) is 2.13. The first kappa shape index (κ1) is 14.3. The highest BCUT2D eigenvalue weighted by Gasteiger charge is 2.19. The van der Waals surface area contributed by atoms with E-state index < -0.39 is 0 Å². The van der Waals surface area contributed by atoms with Crippen LogP contribution in [-0.4, -0.2) is 21.3 Å². The van der Waals surface area contributed by atoms with Crippen molar-refractivity contribution < 1.29 is 4.42 Å². The lowest BCUT2D eigenvalue weighted by Gasteiger charge is -2.18. The molecule has 0 saturated heterocycles. The first-order valence-corrected chi connectivity index (χ1v) is 7.27. The fraction of sp³-hybridized carbons (Fsp3) is 0.538. The Balaban J connectivity index is 2.22. The molecule has 0 aliphatic carbocycles. The van der Waals surface area contributed by atoms with Gasteiger partial charge in [-0.25, -0.2) is 9.67 Å². The fourth-order valence-corrected chi connectivity index (χ4v) is 2.64. The summed E-state index contributed by atoms with van der Waals surface area (Å²) in [5.41, 5.74) is 1.11. The van der Waals surface area contributed by atoms with Crippen LogP contribution >= 0.6 is 15.9 Å². The molecule has 0 amide bonds. The van der Waals surface area contributed by atoms with Crippen LogP contribution in [0.25, 0.3) is 0 Å². The molecular formula is C13H19BrN4O. The molecule has 1 N–H and O–H groups in total. The van der Waals surface area contributed by atoms with E-state index in [1.807, 2.05) is 10.7 Å². The molecule has 2 aromatic heterocycles. The van der Waals surface area contributed by atoms with Gasteiger partial charge in [-0.15, -0.1) is 0 Å². The summed E-state index contributed by atoms with van der Waals surface area (Å²) in [5.74, 6) is 0.981. The number of aromatic nitrogens is 3. The summed E-state index contributed by atoms with van der Waals surface area (Å²) in [5, 5.41) is 7.73. The second kappa shape index (κ2) is 6.34. The number of hydrogen-bond acceptors (Lipinski definition) is 4. The third kappa shape index (κ3) is 3.25. The topological polar surface area (TPSA) is 55.9 Å². The van der Waals surface area contributed by atoms with Crippen molar-refractivity contribution in [2.24, 2.45) is 0 Å². The third-order valence-corrected chi connectivity index (χ3v) is 3.64. The van der Waals surface area contributed by atoms with Gasteiger partial charge in [-0.2, -0.15) is 5.10 Å². The highest BCUT2D eigenvalue weighted by atomic mass is 79.9. The average molecular weight is 327 g/mol. The molecule has 2 aromatic rings. The van der Waals surface area contributed by atoms with Crippen molar-refractivity contribution in [3.05, 3.63) is 34.7 Å². The van der Waals surface area contributed by atoms with Gasteiger partial charge in [0.1, 0.15) is 12.2 Å². The molecule has 0 spiro atoms. The number of furan rings is 1. The minimum Gasteiger partial charge on any atom is -0.457 e. The molecule has 0 saturated carbocycles. The minimum absolute atomic E-state index is 0.167. The lowest BCUT2D eigenvalue weighted by atomic mass is 10.1. The predicted octanol–water partition coefficient (Wildman–Crippen LogP) is 3.11. The summed E-state index contributed by atoms with van der Waals surface area (Å²) < 4.78 is 8.05. The van der Waals surface area contributed by atoms with E-state index in [1.54, 1.807) is 12.6 Å². The second-order valence-corrected chi connectivity index (χ2v) is 5.40. The van der Waals surface area contributed by atoms with E-state index in [9.17, 15) is 0 Å². The maximum absolute atomic E-state index is 5.32. The van der Waals surface area contributed by atoms with Crippen molar-refractivity contribution in [2.75, 3.05) is 6.54 Å². The molecule has 1 unspecified atom stereocenters. The van der Waals surface area contributed by atoms with Crippen molar-refractivity contribution in [3.8, 4) is 0 Å². The van der Waals surface area contributed by atoms with Crippen molar-refractivity contribution >= 4 is 15.9 Å². The van der Waals surface area contributed by atoms with Crippen LogP contribution in [0.2, 0.25) is 0 Å². The van der Waals surface area contributed by atoms with Crippen LogP contribution in [0.4, 0.5) is 0 Å². The molecule has 0 radical (unpaired) electrons. The van der Waals surface area contributed by atoms with Crippen molar-refractivity contribution in [3.63, 3.8) is 0 Å². The molecule has 0 fully saturated rings. The van der Waals surface area contributed by atoms with E-state index in [2.05, 4.69) is 52.1 Å². The van der Waals surface area contributed by atoms with Gasteiger partial charge in [0, 0.05) is 24.1 Å². The second-order valence-electron chi connectivity index (χ2n) is 4.68. The Morgan fingerprint density at radius 3 is 2.84 bits per heavy atom. The van der Waals surface area contributed by atoms with Crippen LogP contribution in [0.15, 0.2) is 27.7 Å². The summed E-state index contributed by atoms with van der Waals surface area (Å²) in [6.07, 6.45) is 4.09. The molecule has 6 heteroatoms. The highest BCUT2D eigenvalue weighted by molar-refractivity contribution is 9.10. The number of nitrogens with one attached hydrogen (secondary N) is 1. The van der Waals surface area contributed by atoms with Gasteiger partial charge in [-0.05, 0) is 42.4 Å². The molecule has 0 aliphatic heterocycles. The number of halogens is 1. The van der Waals surface area contributed by atoms with Crippen molar-refractivity contribution in [1.82, 2.24) is 20.1 Å². The Morgan fingerprint density at radius 2 is 2.26 bits per heavy atom. The van der Waals surface area contributed by atoms with Crippen molar-refractivity contribution in [2.45, 2.75) is 39.3 Å². The molecular weight excluding hydrogens is 308 g/mol. The monoisotopic (exact) mass is 326 g/mol. The van der Waals surface area contributed by atoms with E-state index in [0.29, 0.717) is 6.04 Å². The normalized spacial score (nSPS) is 13.1. The van der Waals surface area contributed by atoms with Gasteiger partial charge in [-0.3, -0.25) is 0 Å². The standard InChI is InChI=1S/C13H19BrN4O/c1-4-15-11(10-5-6-19-13(10)14)7-12-16-8-17-18(12)9(2)3/h5-6,8-9,11,15H,4,7H2,1-3H3. The van der Waals surface area contributed by atoms with E-state index in [1.165, 1.54) is 0 Å². The molecule has 0 aromatic carbocycles. The van der Waals surface area contributed by atoms with Crippen LogP contribution in [0, 0.1) is 0 Å². The maximum Gasteiger partial charge on any atom is 0.173 e. The summed E-state index contributed by atoms with van der Waals surface area (Å²) in [6.45, 7) is 7.19. The first-order chi connectivity index (χ1) is 9.13.